The maximum Gasteiger partial charge on any atom is 0.0800 e. The van der Waals surface area contributed by atoms with Gasteiger partial charge in [0.25, 0.3) is 0 Å². The summed E-state index contributed by atoms with van der Waals surface area (Å²) in [6.07, 6.45) is 2.66. The summed E-state index contributed by atoms with van der Waals surface area (Å²) in [5.41, 5.74) is 1.44. The van der Waals surface area contributed by atoms with Crippen LogP contribution in [0.4, 0.5) is 0 Å². The number of thioether (sulfide) groups is 1. The quantitative estimate of drug-likeness (QED) is 0.864. The van der Waals surface area contributed by atoms with Crippen LogP contribution in [0.2, 0.25) is 0 Å². The lowest BCUT2D eigenvalue weighted by molar-refractivity contribution is 0.153. The monoisotopic (exact) mass is 248 g/mol. The number of hydrogen-bond acceptors (Lipinski definition) is 3. The predicted octanol–water partition coefficient (Wildman–Crippen LogP) is 2.32. The summed E-state index contributed by atoms with van der Waals surface area (Å²) in [5, 5.41) is 3.57. The lowest BCUT2D eigenvalue weighted by Gasteiger charge is -2.41. The third-order valence-electron chi connectivity index (χ3n) is 3.85. The van der Waals surface area contributed by atoms with Gasteiger partial charge in [0, 0.05) is 25.4 Å². The van der Waals surface area contributed by atoms with Crippen molar-refractivity contribution in [1.82, 2.24) is 10.2 Å². The molecule has 2 nitrogen and oxygen atoms in total. The molecular formula is C14H20N2S. The van der Waals surface area contributed by atoms with Gasteiger partial charge in [-0.15, -0.1) is 11.8 Å². The summed E-state index contributed by atoms with van der Waals surface area (Å²) in [4.78, 5) is 3.06. The van der Waals surface area contributed by atoms with E-state index in [0.29, 0.717) is 4.87 Å². The van der Waals surface area contributed by atoms with E-state index in [1.54, 1.807) is 0 Å². The molecule has 0 amide bonds. The van der Waals surface area contributed by atoms with E-state index in [1.165, 1.54) is 37.2 Å². The summed E-state index contributed by atoms with van der Waals surface area (Å²) >= 11 is 2.16. The highest BCUT2D eigenvalue weighted by molar-refractivity contribution is 8.00. The zero-order valence-corrected chi connectivity index (χ0v) is 11.0. The van der Waals surface area contributed by atoms with Gasteiger partial charge in [-0.2, -0.15) is 0 Å². The number of hydrogen-bond donors (Lipinski definition) is 1. The summed E-state index contributed by atoms with van der Waals surface area (Å²) in [5.74, 6) is 1.29. The highest BCUT2D eigenvalue weighted by atomic mass is 32.2. The van der Waals surface area contributed by atoms with Crippen LogP contribution in [0.15, 0.2) is 30.3 Å². The van der Waals surface area contributed by atoms with Gasteiger partial charge in [0.15, 0.2) is 0 Å². The summed E-state index contributed by atoms with van der Waals surface area (Å²) in [6.45, 7) is 4.70. The molecule has 1 unspecified atom stereocenters. The number of nitrogens with one attached hydrogen (secondary N) is 1. The van der Waals surface area contributed by atoms with Crippen LogP contribution >= 0.6 is 11.8 Å². The van der Waals surface area contributed by atoms with Crippen molar-refractivity contribution in [2.45, 2.75) is 24.3 Å². The number of nitrogens with zero attached hydrogens (tertiary/aromatic N) is 1. The molecule has 2 fully saturated rings. The normalized spacial score (nSPS) is 29.9. The van der Waals surface area contributed by atoms with E-state index in [1.807, 2.05) is 0 Å². The smallest absolute Gasteiger partial charge is 0.0800 e. The molecule has 92 valence electrons. The van der Waals surface area contributed by atoms with Crippen molar-refractivity contribution in [1.29, 1.82) is 0 Å². The van der Waals surface area contributed by atoms with Crippen molar-refractivity contribution in [2.24, 2.45) is 0 Å². The van der Waals surface area contributed by atoms with Crippen molar-refractivity contribution >= 4 is 11.8 Å². The lowest BCUT2D eigenvalue weighted by atomic mass is 10.0. The van der Waals surface area contributed by atoms with Crippen molar-refractivity contribution in [3.05, 3.63) is 35.9 Å². The zero-order chi connectivity index (χ0) is 11.6. The van der Waals surface area contributed by atoms with Crippen molar-refractivity contribution in [2.75, 3.05) is 25.4 Å². The van der Waals surface area contributed by atoms with E-state index in [4.69, 9.17) is 0 Å². The second kappa shape index (κ2) is 5.01. The molecule has 0 aromatic heterocycles. The molecule has 1 aromatic carbocycles. The molecule has 2 heterocycles. The van der Waals surface area contributed by atoms with E-state index >= 15 is 0 Å². The van der Waals surface area contributed by atoms with Gasteiger partial charge in [0.1, 0.15) is 0 Å². The number of benzene rings is 1. The Morgan fingerprint density at radius 3 is 2.94 bits per heavy atom. The van der Waals surface area contributed by atoms with E-state index in [2.05, 4.69) is 52.3 Å². The maximum atomic E-state index is 3.57. The zero-order valence-electron chi connectivity index (χ0n) is 10.2. The fourth-order valence-corrected chi connectivity index (χ4v) is 4.45. The minimum absolute atomic E-state index is 0.383. The molecule has 3 rings (SSSR count). The van der Waals surface area contributed by atoms with Crippen LogP contribution in [0, 0.1) is 0 Å². The molecule has 17 heavy (non-hydrogen) atoms. The first kappa shape index (κ1) is 11.6. The maximum absolute atomic E-state index is 3.57. The molecular weight excluding hydrogens is 228 g/mol. The second-order valence-corrected chi connectivity index (χ2v) is 6.44. The van der Waals surface area contributed by atoms with Gasteiger partial charge in [-0.05, 0) is 24.9 Å². The number of rotatable bonds is 2. The second-order valence-electron chi connectivity index (χ2n) is 4.98. The lowest BCUT2D eigenvalue weighted by Crippen LogP contribution is -2.52. The summed E-state index contributed by atoms with van der Waals surface area (Å²) in [7, 11) is 0. The largest absolute Gasteiger partial charge is 0.314 e. The molecule has 0 bridgehead atoms. The molecule has 0 aliphatic carbocycles. The van der Waals surface area contributed by atoms with E-state index in [9.17, 15) is 0 Å². The first-order valence-corrected chi connectivity index (χ1v) is 7.51. The first-order valence-electron chi connectivity index (χ1n) is 6.53. The molecule has 1 N–H and O–H groups in total. The van der Waals surface area contributed by atoms with Crippen LogP contribution in [0.1, 0.15) is 18.4 Å². The van der Waals surface area contributed by atoms with Gasteiger partial charge in [0.05, 0.1) is 4.87 Å². The molecule has 1 spiro atoms. The van der Waals surface area contributed by atoms with Gasteiger partial charge in [-0.25, -0.2) is 0 Å². The Morgan fingerprint density at radius 1 is 1.29 bits per heavy atom. The highest BCUT2D eigenvalue weighted by Gasteiger charge is 2.42. The third-order valence-corrected chi connectivity index (χ3v) is 5.38. The predicted molar refractivity (Wildman–Crippen MR) is 74.1 cm³/mol. The molecule has 2 aliphatic heterocycles. The van der Waals surface area contributed by atoms with Gasteiger partial charge in [-0.3, -0.25) is 4.90 Å². The SMILES string of the molecule is c1ccc(CN2CCSC23CCCNC3)cc1. The van der Waals surface area contributed by atoms with Crippen LogP contribution in [-0.2, 0) is 6.54 Å². The van der Waals surface area contributed by atoms with Crippen molar-refractivity contribution in [3.63, 3.8) is 0 Å². The van der Waals surface area contributed by atoms with Crippen molar-refractivity contribution < 1.29 is 0 Å². The fraction of sp³-hybridized carbons (Fsp3) is 0.571. The number of piperidine rings is 1. The minimum atomic E-state index is 0.383. The van der Waals surface area contributed by atoms with Crippen LogP contribution < -0.4 is 5.32 Å². The average molecular weight is 248 g/mol. The van der Waals surface area contributed by atoms with Gasteiger partial charge in [-0.1, -0.05) is 30.3 Å². The highest BCUT2D eigenvalue weighted by Crippen LogP contribution is 2.41. The molecule has 1 atom stereocenters. The Labute approximate surface area is 108 Å². The Balaban J connectivity index is 1.73. The molecule has 0 saturated carbocycles. The first-order chi connectivity index (χ1) is 8.39. The fourth-order valence-electron chi connectivity index (χ4n) is 2.92. The Morgan fingerprint density at radius 2 is 2.18 bits per heavy atom. The van der Waals surface area contributed by atoms with Gasteiger partial charge >= 0.3 is 0 Å². The Bertz CT molecular complexity index is 360. The third kappa shape index (κ3) is 2.37. The van der Waals surface area contributed by atoms with Crippen LogP contribution in [0.5, 0.6) is 0 Å². The van der Waals surface area contributed by atoms with Crippen LogP contribution in [0.25, 0.3) is 0 Å². The van der Waals surface area contributed by atoms with E-state index in [-0.39, 0.29) is 0 Å². The molecule has 3 heteroatoms. The van der Waals surface area contributed by atoms with Crippen molar-refractivity contribution in [3.8, 4) is 0 Å². The Hall–Kier alpha value is -0.510. The molecule has 2 aliphatic rings. The molecule has 1 aromatic rings. The van der Waals surface area contributed by atoms with Gasteiger partial charge in [0.2, 0.25) is 0 Å². The summed E-state index contributed by atoms with van der Waals surface area (Å²) < 4.78 is 0. The standard InChI is InChI=1S/C14H20N2S/c1-2-5-13(6-3-1)11-16-9-10-17-14(16)7-4-8-15-12-14/h1-3,5-6,15H,4,7-12H2. The topological polar surface area (TPSA) is 15.3 Å². The van der Waals surface area contributed by atoms with E-state index < -0.39 is 0 Å². The van der Waals surface area contributed by atoms with E-state index in [0.717, 1.165) is 13.1 Å². The Kier molecular flexibility index (Phi) is 3.41. The van der Waals surface area contributed by atoms with Crippen LogP contribution in [0.3, 0.4) is 0 Å². The van der Waals surface area contributed by atoms with Gasteiger partial charge < -0.3 is 5.32 Å². The minimum Gasteiger partial charge on any atom is -0.314 e. The molecule has 0 radical (unpaired) electrons. The van der Waals surface area contributed by atoms with Crippen LogP contribution in [-0.4, -0.2) is 35.2 Å². The molecule has 2 saturated heterocycles. The average Bonchev–Trinajstić information content (AvgIpc) is 2.74. The summed E-state index contributed by atoms with van der Waals surface area (Å²) in [6, 6.07) is 10.9.